The fourth-order valence-electron chi connectivity index (χ4n) is 2.90. The molecule has 134 valence electrons. The predicted molar refractivity (Wildman–Crippen MR) is 114 cm³/mol. The van der Waals surface area contributed by atoms with Crippen molar-refractivity contribution < 1.29 is 9.31 Å². The van der Waals surface area contributed by atoms with Crippen LogP contribution in [0.3, 0.4) is 0 Å². The van der Waals surface area contributed by atoms with Gasteiger partial charge in [0.05, 0.1) is 11.2 Å². The van der Waals surface area contributed by atoms with Gasteiger partial charge in [-0.3, -0.25) is 8.77 Å². The van der Waals surface area contributed by atoms with Crippen LogP contribution < -0.4 is 11.0 Å². The second kappa shape index (κ2) is 6.79. The summed E-state index contributed by atoms with van der Waals surface area (Å²) in [7, 11) is 0.972. The molecule has 1 aliphatic heterocycles. The molecule has 2 aromatic heterocycles. The number of fused-ring (bicyclic) bond motifs is 1. The van der Waals surface area contributed by atoms with Gasteiger partial charge < -0.3 is 13.9 Å². The highest BCUT2D eigenvalue weighted by atomic mass is 127. The summed E-state index contributed by atoms with van der Waals surface area (Å²) >= 11 is 2.18. The zero-order chi connectivity index (χ0) is 18.4. The predicted octanol–water partition coefficient (Wildman–Crippen LogP) is 3.52. The minimum Gasteiger partial charge on any atom is -0.399 e. The van der Waals surface area contributed by atoms with E-state index in [4.69, 9.17) is 9.31 Å². The molecule has 0 bridgehead atoms. The van der Waals surface area contributed by atoms with E-state index in [2.05, 4.69) is 27.8 Å². The van der Waals surface area contributed by atoms with Gasteiger partial charge in [0.25, 0.3) is 5.56 Å². The summed E-state index contributed by atoms with van der Waals surface area (Å²) in [5.74, 6) is 0. The van der Waals surface area contributed by atoms with Gasteiger partial charge >= 0.3 is 7.12 Å². The van der Waals surface area contributed by atoms with Crippen LogP contribution in [0.5, 0.6) is 0 Å². The molecular weight excluding hydrogens is 450 g/mol. The number of aryl methyl sites for hydroxylation is 1. The molecule has 8 heteroatoms. The van der Waals surface area contributed by atoms with Crippen LogP contribution in [0.2, 0.25) is 0 Å². The highest BCUT2D eigenvalue weighted by Crippen LogP contribution is 2.37. The van der Waals surface area contributed by atoms with E-state index >= 15 is 0 Å². The highest BCUT2D eigenvalue weighted by Gasteiger charge is 2.52. The standard InChI is InChI=1S/C17H22BIN2O3S/c1-6-7-9-20-11-13(18-23-16(2,3)17(4,5)24-18)12-8-10-21(25-19)14(12)15(20)22/h6,8,10-11H,1,7,9H2,2-5H3. The van der Waals surface area contributed by atoms with Gasteiger partial charge in [-0.05, 0) is 40.2 Å². The SMILES string of the molecule is C=CCCn1cc(B2OC(C)(C)C(C)(C)O2)c2ccn(SI)c2c1=O. The van der Waals surface area contributed by atoms with Gasteiger partial charge in [0.15, 0.2) is 0 Å². The Labute approximate surface area is 164 Å². The van der Waals surface area contributed by atoms with Crippen LogP contribution in [0, 0.1) is 0 Å². The van der Waals surface area contributed by atoms with Gasteiger partial charge in [-0.15, -0.1) is 6.58 Å². The van der Waals surface area contributed by atoms with E-state index in [0.29, 0.717) is 12.1 Å². The molecule has 3 rings (SSSR count). The number of hydrogen-bond acceptors (Lipinski definition) is 4. The van der Waals surface area contributed by atoms with E-state index in [-0.39, 0.29) is 5.56 Å². The second-order valence-electron chi connectivity index (χ2n) is 7.22. The first-order valence-corrected chi connectivity index (χ1v) is 11.5. The zero-order valence-electron chi connectivity index (χ0n) is 14.9. The molecule has 0 amide bonds. The molecule has 0 unspecified atom stereocenters. The molecule has 1 fully saturated rings. The Morgan fingerprint density at radius 2 is 1.96 bits per heavy atom. The molecule has 1 saturated heterocycles. The van der Waals surface area contributed by atoms with Crippen molar-refractivity contribution in [2.45, 2.75) is 51.9 Å². The number of halogens is 1. The van der Waals surface area contributed by atoms with Crippen LogP contribution in [0.25, 0.3) is 10.9 Å². The number of allylic oxidation sites excluding steroid dienone is 1. The summed E-state index contributed by atoms with van der Waals surface area (Å²) < 4.78 is 16.1. The maximum absolute atomic E-state index is 12.9. The van der Waals surface area contributed by atoms with Crippen LogP contribution in [0.1, 0.15) is 34.1 Å². The van der Waals surface area contributed by atoms with Crippen LogP contribution in [0.15, 0.2) is 35.9 Å². The van der Waals surface area contributed by atoms with E-state index in [1.165, 1.54) is 9.12 Å². The van der Waals surface area contributed by atoms with Gasteiger partial charge in [-0.1, -0.05) is 6.08 Å². The first-order valence-electron chi connectivity index (χ1n) is 8.22. The third-order valence-electron chi connectivity index (χ3n) is 5.08. The summed E-state index contributed by atoms with van der Waals surface area (Å²) in [5.41, 5.74) is 0.697. The Morgan fingerprint density at radius 1 is 1.32 bits per heavy atom. The summed E-state index contributed by atoms with van der Waals surface area (Å²) in [6, 6.07) is 1.96. The molecule has 5 nitrogen and oxygen atoms in total. The number of nitrogens with zero attached hydrogens (tertiary/aromatic N) is 2. The van der Waals surface area contributed by atoms with Gasteiger partial charge in [-0.25, -0.2) is 0 Å². The fraction of sp³-hybridized carbons (Fsp3) is 0.471. The Hall–Kier alpha value is -0.705. The first-order chi connectivity index (χ1) is 11.7. The number of aromatic nitrogens is 2. The monoisotopic (exact) mass is 472 g/mol. The molecule has 0 saturated carbocycles. The van der Waals surface area contributed by atoms with E-state index < -0.39 is 18.3 Å². The Bertz CT molecular complexity index is 859. The lowest BCUT2D eigenvalue weighted by Gasteiger charge is -2.32. The van der Waals surface area contributed by atoms with Gasteiger partial charge in [-0.2, -0.15) is 0 Å². The minimum absolute atomic E-state index is 0.00807. The van der Waals surface area contributed by atoms with Crippen LogP contribution in [-0.4, -0.2) is 26.9 Å². The van der Waals surface area contributed by atoms with Crippen molar-refractivity contribution in [3.05, 3.63) is 41.5 Å². The normalized spacial score (nSPS) is 18.8. The van der Waals surface area contributed by atoms with Gasteiger partial charge in [0.1, 0.15) is 5.52 Å². The van der Waals surface area contributed by atoms with Crippen molar-refractivity contribution in [3.63, 3.8) is 0 Å². The molecule has 3 heterocycles. The molecular formula is C17H22BIN2O3S. The average Bonchev–Trinajstić information content (AvgIpc) is 3.05. The maximum atomic E-state index is 12.9. The van der Waals surface area contributed by atoms with Crippen molar-refractivity contribution in [3.8, 4) is 0 Å². The quantitative estimate of drug-likeness (QED) is 0.380. The topological polar surface area (TPSA) is 45.4 Å². The molecule has 0 aliphatic carbocycles. The van der Waals surface area contributed by atoms with Crippen molar-refractivity contribution in [2.75, 3.05) is 0 Å². The highest BCUT2D eigenvalue weighted by molar-refractivity contribution is 14.2. The molecule has 0 spiro atoms. The summed E-state index contributed by atoms with van der Waals surface area (Å²) in [4.78, 5) is 12.9. The third kappa shape index (κ3) is 3.22. The zero-order valence-corrected chi connectivity index (χ0v) is 17.9. The summed E-state index contributed by atoms with van der Waals surface area (Å²) in [5, 5.41) is 0.877. The van der Waals surface area contributed by atoms with Crippen molar-refractivity contribution in [1.82, 2.24) is 8.54 Å². The third-order valence-corrected chi connectivity index (χ3v) is 6.80. The van der Waals surface area contributed by atoms with Crippen LogP contribution in [-0.2, 0) is 15.9 Å². The number of hydrogen-bond donors (Lipinski definition) is 0. The van der Waals surface area contributed by atoms with Gasteiger partial charge in [0.2, 0.25) is 0 Å². The molecule has 2 aromatic rings. The maximum Gasteiger partial charge on any atom is 0.497 e. The lowest BCUT2D eigenvalue weighted by Crippen LogP contribution is -2.41. The lowest BCUT2D eigenvalue weighted by molar-refractivity contribution is 0.00578. The molecule has 0 atom stereocenters. The molecule has 0 radical (unpaired) electrons. The first kappa shape index (κ1) is 19.1. The van der Waals surface area contributed by atoms with Crippen LogP contribution in [0.4, 0.5) is 0 Å². The molecule has 1 aliphatic rings. The number of pyridine rings is 1. The van der Waals surface area contributed by atoms with E-state index in [0.717, 1.165) is 17.3 Å². The van der Waals surface area contributed by atoms with Crippen molar-refractivity contribution >= 4 is 53.8 Å². The van der Waals surface area contributed by atoms with E-state index in [9.17, 15) is 4.79 Å². The van der Waals surface area contributed by atoms with Gasteiger partial charge in [0, 0.05) is 60.1 Å². The summed E-state index contributed by atoms with van der Waals surface area (Å²) in [6.45, 7) is 12.5. The largest absolute Gasteiger partial charge is 0.497 e. The fourth-order valence-corrected chi connectivity index (χ4v) is 4.24. The Kier molecular flexibility index (Phi) is 5.18. The summed E-state index contributed by atoms with van der Waals surface area (Å²) in [6.07, 6.45) is 6.33. The van der Waals surface area contributed by atoms with E-state index in [1.807, 2.05) is 56.2 Å². The number of rotatable bonds is 5. The van der Waals surface area contributed by atoms with Crippen LogP contribution >= 0.6 is 30.3 Å². The molecule has 0 N–H and O–H groups in total. The average molecular weight is 472 g/mol. The molecule has 25 heavy (non-hydrogen) atoms. The Balaban J connectivity index is 2.18. The van der Waals surface area contributed by atoms with Crippen molar-refractivity contribution in [1.29, 1.82) is 0 Å². The lowest BCUT2D eigenvalue weighted by atomic mass is 9.78. The molecule has 0 aromatic carbocycles. The second-order valence-corrected chi connectivity index (χ2v) is 8.93. The van der Waals surface area contributed by atoms with E-state index in [1.54, 1.807) is 4.57 Å². The minimum atomic E-state index is -0.502. The smallest absolute Gasteiger partial charge is 0.399 e. The Morgan fingerprint density at radius 3 is 2.52 bits per heavy atom. The van der Waals surface area contributed by atoms with Crippen molar-refractivity contribution in [2.24, 2.45) is 0 Å².